The Labute approximate surface area is 142 Å². The van der Waals surface area contributed by atoms with Gasteiger partial charge in [0, 0.05) is 6.42 Å². The normalized spacial score (nSPS) is 11.5. The summed E-state index contributed by atoms with van der Waals surface area (Å²) in [4.78, 5) is 0. The summed E-state index contributed by atoms with van der Waals surface area (Å²) < 4.78 is 7.88. The highest BCUT2D eigenvalue weighted by Gasteiger charge is 2.04. The highest BCUT2D eigenvalue weighted by Crippen LogP contribution is 2.12. The molecule has 2 aromatic rings. The van der Waals surface area contributed by atoms with E-state index in [0.717, 1.165) is 43.0 Å². The number of ether oxygens (including phenoxy) is 1. The van der Waals surface area contributed by atoms with Gasteiger partial charge in [0.15, 0.2) is 5.82 Å². The van der Waals surface area contributed by atoms with Crippen LogP contribution in [0.25, 0.3) is 0 Å². The Kier molecular flexibility index (Phi) is 6.52. The van der Waals surface area contributed by atoms with Crippen molar-refractivity contribution in [2.75, 3.05) is 6.61 Å². The number of aromatic nitrogens is 3. The van der Waals surface area contributed by atoms with Crippen molar-refractivity contribution in [1.29, 1.82) is 0 Å². The van der Waals surface area contributed by atoms with Gasteiger partial charge in [-0.25, -0.2) is 0 Å². The predicted octanol–water partition coefficient (Wildman–Crippen LogP) is 4.20. The van der Waals surface area contributed by atoms with Crippen LogP contribution in [0, 0.1) is 10.7 Å². The zero-order chi connectivity index (χ0) is 16.7. The van der Waals surface area contributed by atoms with Crippen molar-refractivity contribution in [2.24, 2.45) is 11.0 Å². The summed E-state index contributed by atoms with van der Waals surface area (Å²) in [5.74, 6) is 2.25. The zero-order valence-electron chi connectivity index (χ0n) is 14.0. The third-order valence-corrected chi connectivity index (χ3v) is 3.52. The van der Waals surface area contributed by atoms with Crippen molar-refractivity contribution in [3.63, 3.8) is 0 Å². The molecule has 0 unspecified atom stereocenters. The van der Waals surface area contributed by atoms with Crippen molar-refractivity contribution in [2.45, 2.75) is 40.0 Å². The van der Waals surface area contributed by atoms with E-state index in [0.29, 0.717) is 10.7 Å². The molecule has 1 heterocycles. The second kappa shape index (κ2) is 8.62. The Balaban J connectivity index is 2.05. The van der Waals surface area contributed by atoms with Crippen molar-refractivity contribution < 1.29 is 4.74 Å². The lowest BCUT2D eigenvalue weighted by Gasteiger charge is -2.08. The molecule has 1 aromatic carbocycles. The van der Waals surface area contributed by atoms with E-state index < -0.39 is 0 Å². The minimum Gasteiger partial charge on any atom is -0.493 e. The Morgan fingerprint density at radius 3 is 2.74 bits per heavy atom. The van der Waals surface area contributed by atoms with Gasteiger partial charge in [0.1, 0.15) is 5.75 Å². The molecule has 0 aliphatic rings. The van der Waals surface area contributed by atoms with Gasteiger partial charge in [-0.1, -0.05) is 27.2 Å². The second-order valence-corrected chi connectivity index (χ2v) is 6.27. The first-order valence-corrected chi connectivity index (χ1v) is 8.44. The van der Waals surface area contributed by atoms with Crippen LogP contribution in [-0.4, -0.2) is 27.7 Å². The molecule has 0 radical (unpaired) electrons. The Bertz CT molecular complexity index is 685. The first-order valence-electron chi connectivity index (χ1n) is 8.03. The molecule has 2 rings (SSSR count). The molecule has 0 amide bonds. The van der Waals surface area contributed by atoms with Gasteiger partial charge in [-0.15, -0.1) is 0 Å². The topological polar surface area (TPSA) is 55.2 Å². The SMILES string of the molecule is CCCCc1n[nH]c(=S)n1/N=C\c1ccc(OCC(C)C)cc1. The van der Waals surface area contributed by atoms with E-state index in [1.54, 1.807) is 10.9 Å². The zero-order valence-corrected chi connectivity index (χ0v) is 14.8. The fraction of sp³-hybridized carbons (Fsp3) is 0.471. The average molecular weight is 332 g/mol. The molecular formula is C17H24N4OS. The second-order valence-electron chi connectivity index (χ2n) is 5.88. The summed E-state index contributed by atoms with van der Waals surface area (Å²) in [6.45, 7) is 7.13. The van der Waals surface area contributed by atoms with E-state index in [2.05, 4.69) is 36.1 Å². The molecule has 0 saturated carbocycles. The third-order valence-electron chi connectivity index (χ3n) is 3.26. The molecular weight excluding hydrogens is 308 g/mol. The lowest BCUT2D eigenvalue weighted by Crippen LogP contribution is -2.04. The molecule has 124 valence electrons. The van der Waals surface area contributed by atoms with E-state index in [9.17, 15) is 0 Å². The highest BCUT2D eigenvalue weighted by molar-refractivity contribution is 7.71. The molecule has 1 N–H and O–H groups in total. The van der Waals surface area contributed by atoms with E-state index in [1.807, 2.05) is 24.3 Å². The molecule has 0 aliphatic heterocycles. The van der Waals surface area contributed by atoms with Crippen LogP contribution in [0.2, 0.25) is 0 Å². The van der Waals surface area contributed by atoms with E-state index in [4.69, 9.17) is 17.0 Å². The van der Waals surface area contributed by atoms with Gasteiger partial charge in [0.2, 0.25) is 4.77 Å². The van der Waals surface area contributed by atoms with Gasteiger partial charge in [-0.2, -0.15) is 14.9 Å². The maximum atomic E-state index is 5.67. The number of nitrogens with zero attached hydrogens (tertiary/aromatic N) is 3. The summed E-state index contributed by atoms with van der Waals surface area (Å²) in [6.07, 6.45) is 4.83. The van der Waals surface area contributed by atoms with Crippen LogP contribution < -0.4 is 4.74 Å². The van der Waals surface area contributed by atoms with E-state index in [-0.39, 0.29) is 0 Å². The lowest BCUT2D eigenvalue weighted by atomic mass is 10.2. The summed E-state index contributed by atoms with van der Waals surface area (Å²) in [7, 11) is 0. The van der Waals surface area contributed by atoms with Gasteiger partial charge in [0.25, 0.3) is 0 Å². The van der Waals surface area contributed by atoms with Crippen LogP contribution in [0.5, 0.6) is 5.75 Å². The molecule has 5 nitrogen and oxygen atoms in total. The maximum Gasteiger partial charge on any atom is 0.216 e. The van der Waals surface area contributed by atoms with Gasteiger partial charge >= 0.3 is 0 Å². The van der Waals surface area contributed by atoms with E-state index >= 15 is 0 Å². The van der Waals surface area contributed by atoms with Crippen molar-refractivity contribution in [3.05, 3.63) is 40.4 Å². The fourth-order valence-electron chi connectivity index (χ4n) is 1.98. The Hall–Kier alpha value is -1.95. The minimum absolute atomic E-state index is 0.515. The summed E-state index contributed by atoms with van der Waals surface area (Å²) >= 11 is 5.23. The largest absolute Gasteiger partial charge is 0.493 e. The fourth-order valence-corrected chi connectivity index (χ4v) is 2.18. The number of aryl methyl sites for hydroxylation is 1. The van der Waals surface area contributed by atoms with Gasteiger partial charge < -0.3 is 4.74 Å². The smallest absolute Gasteiger partial charge is 0.216 e. The lowest BCUT2D eigenvalue weighted by molar-refractivity contribution is 0.271. The van der Waals surface area contributed by atoms with Crippen LogP contribution in [-0.2, 0) is 6.42 Å². The highest BCUT2D eigenvalue weighted by atomic mass is 32.1. The van der Waals surface area contributed by atoms with Crippen LogP contribution in [0.4, 0.5) is 0 Å². The number of hydrogen-bond acceptors (Lipinski definition) is 4. The van der Waals surface area contributed by atoms with Crippen molar-refractivity contribution >= 4 is 18.4 Å². The van der Waals surface area contributed by atoms with Gasteiger partial charge in [-0.05, 0) is 54.4 Å². The summed E-state index contributed by atoms with van der Waals surface area (Å²) in [5.41, 5.74) is 0.992. The van der Waals surface area contributed by atoms with Crippen molar-refractivity contribution in [1.82, 2.24) is 14.9 Å². The van der Waals surface area contributed by atoms with E-state index in [1.165, 1.54) is 0 Å². The quantitative estimate of drug-likeness (QED) is 0.582. The number of benzene rings is 1. The Morgan fingerprint density at radius 2 is 2.09 bits per heavy atom. The predicted molar refractivity (Wildman–Crippen MR) is 95.8 cm³/mol. The van der Waals surface area contributed by atoms with Crippen LogP contribution in [0.15, 0.2) is 29.4 Å². The van der Waals surface area contributed by atoms with Crippen molar-refractivity contribution in [3.8, 4) is 5.75 Å². The van der Waals surface area contributed by atoms with Crippen LogP contribution in [0.3, 0.4) is 0 Å². The minimum atomic E-state index is 0.515. The molecule has 0 aliphatic carbocycles. The molecule has 0 atom stereocenters. The van der Waals surface area contributed by atoms with Crippen LogP contribution in [0.1, 0.15) is 45.0 Å². The monoisotopic (exact) mass is 332 g/mol. The molecule has 0 bridgehead atoms. The molecule has 0 saturated heterocycles. The molecule has 1 aromatic heterocycles. The standard InChI is InChI=1S/C17H24N4OS/c1-4-5-6-16-19-20-17(23)21(16)18-11-14-7-9-15(10-8-14)22-12-13(2)3/h7-11,13H,4-6,12H2,1-3H3,(H,20,23)/b18-11-. The number of aromatic amines is 1. The molecule has 0 spiro atoms. The maximum absolute atomic E-state index is 5.67. The first-order chi connectivity index (χ1) is 11.1. The molecule has 6 heteroatoms. The summed E-state index contributed by atoms with van der Waals surface area (Å²) in [5, 5.41) is 11.5. The average Bonchev–Trinajstić information content (AvgIpc) is 2.90. The number of unbranched alkanes of at least 4 members (excludes halogenated alkanes) is 1. The number of rotatable bonds is 8. The van der Waals surface area contributed by atoms with Crippen LogP contribution >= 0.6 is 12.2 Å². The molecule has 23 heavy (non-hydrogen) atoms. The summed E-state index contributed by atoms with van der Waals surface area (Å²) in [6, 6.07) is 7.87. The number of nitrogens with one attached hydrogen (secondary N) is 1. The first kappa shape index (κ1) is 17.4. The Morgan fingerprint density at radius 1 is 1.35 bits per heavy atom. The van der Waals surface area contributed by atoms with Gasteiger partial charge in [-0.3, -0.25) is 5.10 Å². The number of hydrogen-bond donors (Lipinski definition) is 1. The molecule has 0 fully saturated rings. The third kappa shape index (κ3) is 5.32. The van der Waals surface area contributed by atoms with Gasteiger partial charge in [0.05, 0.1) is 12.8 Å². The number of H-pyrrole nitrogens is 1.